The normalized spacial score (nSPS) is 15.2. The number of guanidine groups is 1. The van der Waals surface area contributed by atoms with Gasteiger partial charge in [0.25, 0.3) is 0 Å². The van der Waals surface area contributed by atoms with Crippen LogP contribution in [-0.2, 0) is 9.09 Å². The molecule has 1 atom stereocenters. The predicted molar refractivity (Wildman–Crippen MR) is 176 cm³/mol. The highest BCUT2D eigenvalue weighted by atomic mass is 31.2. The number of aliphatic hydroxyl groups is 1. The Hall–Kier alpha value is -0.620. The lowest BCUT2D eigenvalue weighted by Crippen LogP contribution is -2.35. The summed E-state index contributed by atoms with van der Waals surface area (Å²) in [6.45, 7) is 8.48. The molecular weight excluding hydrogens is 533 g/mol. The number of hydrogen-bond acceptors (Lipinski definition) is 3. The van der Waals surface area contributed by atoms with Crippen molar-refractivity contribution in [1.29, 1.82) is 0 Å². The molecule has 0 bridgehead atoms. The fourth-order valence-corrected chi connectivity index (χ4v) is 6.57. The zero-order valence-corrected chi connectivity index (χ0v) is 28.1. The maximum Gasteiger partial charge on any atom is 0.454 e. The summed E-state index contributed by atoms with van der Waals surface area (Å²) in [4.78, 5) is 15.0. The fraction of sp³-hybridized carbons (Fsp3) is 0.970. The molecule has 244 valence electrons. The zero-order chi connectivity index (χ0) is 29.9. The second kappa shape index (κ2) is 27.0. The minimum absolute atomic E-state index is 0.191. The topological polar surface area (TPSA) is 85.6 Å². The van der Waals surface area contributed by atoms with Gasteiger partial charge in [-0.2, -0.15) is 0 Å². The van der Waals surface area contributed by atoms with E-state index in [0.717, 1.165) is 58.3 Å². The molecule has 8 heteroatoms. The molecule has 1 aliphatic heterocycles. The van der Waals surface area contributed by atoms with Crippen molar-refractivity contribution >= 4 is 13.7 Å². The van der Waals surface area contributed by atoms with Crippen molar-refractivity contribution in [2.24, 2.45) is 4.76 Å². The third-order valence-corrected chi connectivity index (χ3v) is 9.25. The Morgan fingerprint density at radius 3 is 1.39 bits per heavy atom. The first-order chi connectivity index (χ1) is 20.0. The second-order valence-corrected chi connectivity index (χ2v) is 13.6. The molecule has 0 aromatic carbocycles. The SMILES string of the molecule is CCCCCCCCCCCCN1CCN(CCCCCCCCCCCC)C1=NP(=O)(O)OCCCCCCO. The Balaban J connectivity index is 2.46. The molecular formula is C33H68N3O4P. The van der Waals surface area contributed by atoms with Gasteiger partial charge >= 0.3 is 7.75 Å². The van der Waals surface area contributed by atoms with Crippen LogP contribution in [0.4, 0.5) is 0 Å². The van der Waals surface area contributed by atoms with E-state index in [1.807, 2.05) is 0 Å². The van der Waals surface area contributed by atoms with Crippen molar-refractivity contribution in [3.05, 3.63) is 0 Å². The summed E-state index contributed by atoms with van der Waals surface area (Å²) < 4.78 is 22.6. The van der Waals surface area contributed by atoms with Gasteiger partial charge in [0, 0.05) is 32.8 Å². The van der Waals surface area contributed by atoms with Gasteiger partial charge in [-0.15, -0.1) is 4.76 Å². The first kappa shape index (κ1) is 38.4. The summed E-state index contributed by atoms with van der Waals surface area (Å²) in [5, 5.41) is 8.92. The summed E-state index contributed by atoms with van der Waals surface area (Å²) >= 11 is 0. The molecule has 1 heterocycles. The van der Waals surface area contributed by atoms with E-state index in [0.29, 0.717) is 12.4 Å². The molecule has 0 radical (unpaired) electrons. The van der Waals surface area contributed by atoms with Crippen molar-refractivity contribution in [3.8, 4) is 0 Å². The largest absolute Gasteiger partial charge is 0.454 e. The molecule has 41 heavy (non-hydrogen) atoms. The molecule has 0 aliphatic carbocycles. The summed E-state index contributed by atoms with van der Waals surface area (Å²) in [6.07, 6.45) is 29.3. The summed E-state index contributed by atoms with van der Waals surface area (Å²) in [6, 6.07) is 0. The zero-order valence-electron chi connectivity index (χ0n) is 27.2. The van der Waals surface area contributed by atoms with Gasteiger partial charge in [0.1, 0.15) is 0 Å². The monoisotopic (exact) mass is 601 g/mol. The van der Waals surface area contributed by atoms with Gasteiger partial charge in [0.2, 0.25) is 5.96 Å². The lowest BCUT2D eigenvalue weighted by Gasteiger charge is -2.24. The summed E-state index contributed by atoms with van der Waals surface area (Å²) in [7, 11) is -4.05. The molecule has 0 spiro atoms. The summed E-state index contributed by atoms with van der Waals surface area (Å²) in [5.74, 6) is 0.669. The van der Waals surface area contributed by atoms with Crippen LogP contribution in [-0.4, -0.2) is 65.2 Å². The van der Waals surface area contributed by atoms with E-state index in [1.54, 1.807) is 0 Å². The number of unbranched alkanes of at least 4 members (excludes halogenated alkanes) is 21. The van der Waals surface area contributed by atoms with Crippen molar-refractivity contribution in [2.75, 3.05) is 39.4 Å². The molecule has 7 nitrogen and oxygen atoms in total. The highest BCUT2D eigenvalue weighted by Crippen LogP contribution is 2.45. The van der Waals surface area contributed by atoms with Crippen LogP contribution in [0.15, 0.2) is 4.76 Å². The van der Waals surface area contributed by atoms with Gasteiger partial charge in [-0.25, -0.2) is 4.57 Å². The third-order valence-electron chi connectivity index (χ3n) is 8.30. The maximum atomic E-state index is 12.9. The van der Waals surface area contributed by atoms with Crippen LogP contribution < -0.4 is 0 Å². The van der Waals surface area contributed by atoms with E-state index in [1.165, 1.54) is 116 Å². The molecule has 1 unspecified atom stereocenters. The van der Waals surface area contributed by atoms with Crippen LogP contribution in [0.25, 0.3) is 0 Å². The second-order valence-electron chi connectivity index (χ2n) is 12.2. The van der Waals surface area contributed by atoms with Crippen molar-refractivity contribution in [3.63, 3.8) is 0 Å². The van der Waals surface area contributed by atoms with Crippen molar-refractivity contribution in [1.82, 2.24) is 9.80 Å². The van der Waals surface area contributed by atoms with Crippen LogP contribution >= 0.6 is 7.75 Å². The predicted octanol–water partition coefficient (Wildman–Crippen LogP) is 9.47. The van der Waals surface area contributed by atoms with E-state index in [4.69, 9.17) is 9.63 Å². The highest BCUT2D eigenvalue weighted by molar-refractivity contribution is 7.51. The Labute approximate surface area is 254 Å². The van der Waals surface area contributed by atoms with Gasteiger partial charge in [-0.3, -0.25) is 4.52 Å². The fourth-order valence-electron chi connectivity index (χ4n) is 5.66. The molecule has 1 fully saturated rings. The lowest BCUT2D eigenvalue weighted by molar-refractivity contribution is 0.247. The van der Waals surface area contributed by atoms with E-state index in [-0.39, 0.29) is 13.2 Å². The highest BCUT2D eigenvalue weighted by Gasteiger charge is 2.30. The molecule has 0 amide bonds. The quantitative estimate of drug-likeness (QED) is 0.0630. The standard InChI is InChI=1S/C33H68N3O4P/c1-3-5-7-9-11-13-15-17-19-23-27-35-29-30-36(28-24-20-18-16-14-12-10-8-6-4-2)33(35)34-41(38,39)40-32-26-22-21-25-31-37/h37H,3-32H2,1-2H3,(H,38,39). The van der Waals surface area contributed by atoms with E-state index < -0.39 is 7.75 Å². The first-order valence-electron chi connectivity index (χ1n) is 17.7. The molecule has 0 aromatic heterocycles. The van der Waals surface area contributed by atoms with E-state index in [9.17, 15) is 9.46 Å². The van der Waals surface area contributed by atoms with Crippen molar-refractivity contribution < 1.29 is 19.1 Å². The number of nitrogens with zero attached hydrogens (tertiary/aromatic N) is 3. The van der Waals surface area contributed by atoms with Gasteiger partial charge in [0.05, 0.1) is 6.61 Å². The average molecular weight is 602 g/mol. The van der Waals surface area contributed by atoms with Gasteiger partial charge in [-0.05, 0) is 25.7 Å². The Kier molecular flexibility index (Phi) is 25.3. The van der Waals surface area contributed by atoms with Gasteiger partial charge < -0.3 is 19.8 Å². The number of rotatable bonds is 30. The first-order valence-corrected chi connectivity index (χ1v) is 19.3. The van der Waals surface area contributed by atoms with Crippen LogP contribution in [0.2, 0.25) is 0 Å². The van der Waals surface area contributed by atoms with E-state index in [2.05, 4.69) is 28.4 Å². The molecule has 1 aliphatic rings. The minimum Gasteiger partial charge on any atom is -0.396 e. The Bertz CT molecular complexity index is 630. The molecule has 0 saturated carbocycles. The third kappa shape index (κ3) is 21.7. The minimum atomic E-state index is -4.05. The molecule has 2 N–H and O–H groups in total. The van der Waals surface area contributed by atoms with Crippen LogP contribution in [0.5, 0.6) is 0 Å². The number of aliphatic hydroxyl groups excluding tert-OH is 1. The van der Waals surface area contributed by atoms with Gasteiger partial charge in [0.15, 0.2) is 0 Å². The number of hydrogen-bond donors (Lipinski definition) is 2. The molecule has 1 saturated heterocycles. The molecule has 0 aromatic rings. The van der Waals surface area contributed by atoms with Gasteiger partial charge in [-0.1, -0.05) is 142 Å². The Morgan fingerprint density at radius 1 is 0.610 bits per heavy atom. The smallest absolute Gasteiger partial charge is 0.396 e. The van der Waals surface area contributed by atoms with Crippen LogP contribution in [0.3, 0.4) is 0 Å². The Morgan fingerprint density at radius 2 is 0.976 bits per heavy atom. The maximum absolute atomic E-state index is 12.9. The van der Waals surface area contributed by atoms with E-state index >= 15 is 0 Å². The van der Waals surface area contributed by atoms with Crippen molar-refractivity contribution in [2.45, 2.75) is 168 Å². The lowest BCUT2D eigenvalue weighted by atomic mass is 10.1. The summed E-state index contributed by atoms with van der Waals surface area (Å²) in [5.41, 5.74) is 0. The van der Waals surface area contributed by atoms with Crippen LogP contribution in [0, 0.1) is 0 Å². The average Bonchev–Trinajstić information content (AvgIpc) is 3.32. The van der Waals surface area contributed by atoms with Crippen LogP contribution in [0.1, 0.15) is 168 Å². The molecule has 1 rings (SSSR count).